The Balaban J connectivity index is 1.29. The molecule has 1 saturated heterocycles. The molecule has 1 aliphatic heterocycles. The van der Waals surface area contributed by atoms with E-state index >= 15 is 0 Å². The molecule has 2 N–H and O–H groups in total. The van der Waals surface area contributed by atoms with Crippen LogP contribution < -0.4 is 10.5 Å². The van der Waals surface area contributed by atoms with Crippen molar-refractivity contribution in [2.45, 2.75) is 38.3 Å². The molecule has 202 valence electrons. The zero-order chi connectivity index (χ0) is 27.8. The Morgan fingerprint density at radius 1 is 1.12 bits per heavy atom. The fraction of sp³-hybridized carbons (Fsp3) is 0.276. The predicted octanol–water partition coefficient (Wildman–Crippen LogP) is 5.00. The molecule has 1 saturated carbocycles. The number of halogens is 2. The molecule has 2 fully saturated rings. The molecule has 1 aliphatic carbocycles. The van der Waals surface area contributed by atoms with Gasteiger partial charge in [-0.05, 0) is 68.0 Å². The van der Waals surface area contributed by atoms with Gasteiger partial charge in [-0.3, -0.25) is 4.79 Å². The molecule has 4 aromatic rings. The summed E-state index contributed by atoms with van der Waals surface area (Å²) in [6.45, 7) is 0.940. The van der Waals surface area contributed by atoms with Crippen LogP contribution in [0.5, 0.6) is 11.5 Å². The second-order valence-corrected chi connectivity index (χ2v) is 9.99. The number of para-hydroxylation sites is 1. The van der Waals surface area contributed by atoms with Crippen LogP contribution in [0.15, 0.2) is 60.4 Å². The molecule has 2 aromatic heterocycles. The van der Waals surface area contributed by atoms with Gasteiger partial charge >= 0.3 is 0 Å². The molecule has 0 spiro atoms. The quantitative estimate of drug-likeness (QED) is 0.258. The lowest BCUT2D eigenvalue weighted by Gasteiger charge is -2.24. The van der Waals surface area contributed by atoms with Crippen molar-refractivity contribution in [3.8, 4) is 28.8 Å². The Labute approximate surface area is 228 Å². The summed E-state index contributed by atoms with van der Waals surface area (Å²) in [6, 6.07) is 12.0. The number of nitrogens with two attached hydrogens (primary N) is 1. The molecule has 0 bridgehead atoms. The third-order valence-electron chi connectivity index (χ3n) is 7.22. The molecule has 3 heterocycles. The van der Waals surface area contributed by atoms with Gasteiger partial charge < -0.3 is 15.4 Å². The van der Waals surface area contributed by atoms with Crippen molar-refractivity contribution < 1.29 is 18.3 Å². The third kappa shape index (κ3) is 4.84. The topological polar surface area (TPSA) is 123 Å². The van der Waals surface area contributed by atoms with E-state index in [0.717, 1.165) is 37.8 Å². The van der Waals surface area contributed by atoms with Crippen molar-refractivity contribution in [1.29, 1.82) is 5.26 Å². The Morgan fingerprint density at radius 3 is 2.58 bits per heavy atom. The van der Waals surface area contributed by atoms with E-state index in [-0.39, 0.29) is 29.1 Å². The molecule has 9 nitrogen and oxygen atoms in total. The first-order valence-corrected chi connectivity index (χ1v) is 13.0. The monoisotopic (exact) mass is 541 g/mol. The number of amides is 1. The number of aromatic nitrogens is 4. The second-order valence-electron chi connectivity index (χ2n) is 9.99. The van der Waals surface area contributed by atoms with Gasteiger partial charge in [-0.25, -0.2) is 23.4 Å². The largest absolute Gasteiger partial charge is 0.451 e. The number of likely N-dealkylation sites (tertiary alicyclic amines) is 1. The summed E-state index contributed by atoms with van der Waals surface area (Å²) in [4.78, 5) is 23.5. The van der Waals surface area contributed by atoms with E-state index in [1.54, 1.807) is 39.9 Å². The van der Waals surface area contributed by atoms with Gasteiger partial charge in [0.2, 0.25) is 0 Å². The number of anilines is 1. The van der Waals surface area contributed by atoms with Crippen molar-refractivity contribution in [3.05, 3.63) is 72.1 Å². The Bertz CT molecular complexity index is 1650. The number of carbonyl (C=O) groups excluding carboxylic acids is 1. The molecule has 6 rings (SSSR count). The van der Waals surface area contributed by atoms with Gasteiger partial charge in [0.25, 0.3) is 5.91 Å². The minimum atomic E-state index is -0.803. The maximum atomic E-state index is 14.0. The molecule has 1 amide bonds. The van der Waals surface area contributed by atoms with Gasteiger partial charge in [-0.1, -0.05) is 12.1 Å². The average Bonchev–Trinajstić information content (AvgIpc) is 3.53. The predicted molar refractivity (Wildman–Crippen MR) is 143 cm³/mol. The number of nitriles is 1. The number of rotatable bonds is 7. The van der Waals surface area contributed by atoms with Crippen LogP contribution in [0, 0.1) is 28.9 Å². The fourth-order valence-corrected chi connectivity index (χ4v) is 5.04. The van der Waals surface area contributed by atoms with Crippen LogP contribution in [0.3, 0.4) is 0 Å². The van der Waals surface area contributed by atoms with Crippen molar-refractivity contribution in [3.63, 3.8) is 0 Å². The fourth-order valence-electron chi connectivity index (χ4n) is 5.04. The molecule has 1 atom stereocenters. The van der Waals surface area contributed by atoms with E-state index in [2.05, 4.69) is 16.0 Å². The SMILES string of the molecule is N#CC(=CC1CC1)C(=O)N1CCCC1Cn1nc(-c2ccc(Oc3c(F)cccc3F)cc2)c2c(N)ncnc21. The number of allylic oxidation sites excluding steroid dienone is 1. The average molecular weight is 542 g/mol. The number of benzene rings is 2. The first-order valence-electron chi connectivity index (χ1n) is 13.0. The summed E-state index contributed by atoms with van der Waals surface area (Å²) in [5.41, 5.74) is 8.16. The first kappa shape index (κ1) is 25.4. The summed E-state index contributed by atoms with van der Waals surface area (Å²) in [5, 5.41) is 14.9. The minimum absolute atomic E-state index is 0.165. The van der Waals surface area contributed by atoms with Gasteiger partial charge in [0.1, 0.15) is 35.2 Å². The van der Waals surface area contributed by atoms with Crippen LogP contribution in [0.25, 0.3) is 22.3 Å². The van der Waals surface area contributed by atoms with E-state index in [0.29, 0.717) is 41.3 Å². The van der Waals surface area contributed by atoms with E-state index in [1.807, 2.05) is 0 Å². The Morgan fingerprint density at radius 2 is 1.88 bits per heavy atom. The molecule has 0 radical (unpaired) electrons. The third-order valence-corrected chi connectivity index (χ3v) is 7.22. The number of carbonyl (C=O) groups is 1. The number of nitrogen functional groups attached to an aromatic ring is 1. The normalized spacial score (nSPS) is 17.3. The lowest BCUT2D eigenvalue weighted by atomic mass is 10.1. The lowest BCUT2D eigenvalue weighted by Crippen LogP contribution is -2.39. The summed E-state index contributed by atoms with van der Waals surface area (Å²) in [5.74, 6) is -1.52. The van der Waals surface area contributed by atoms with Crippen LogP contribution in [-0.4, -0.2) is 43.1 Å². The standard InChI is InChI=1S/C29H25F2N7O2/c30-22-4-1-5-23(31)26(22)40-21-10-8-18(9-11-21)25-24-27(33)34-16-35-28(24)38(36-25)15-20-3-2-12-37(20)29(39)19(14-32)13-17-6-7-17/h1,4-5,8-11,13,16-17,20H,2-3,6-7,12,15H2,(H2,33,34,35). The zero-order valence-corrected chi connectivity index (χ0v) is 21.4. The number of fused-ring (bicyclic) bond motifs is 1. The summed E-state index contributed by atoms with van der Waals surface area (Å²) >= 11 is 0. The van der Waals surface area contributed by atoms with Crippen molar-refractivity contribution in [2.24, 2.45) is 5.92 Å². The first-order chi connectivity index (χ1) is 19.4. The molecule has 2 aliphatic rings. The highest BCUT2D eigenvalue weighted by molar-refractivity contribution is 5.99. The van der Waals surface area contributed by atoms with E-state index in [4.69, 9.17) is 15.6 Å². The van der Waals surface area contributed by atoms with Crippen LogP contribution in [0.4, 0.5) is 14.6 Å². The van der Waals surface area contributed by atoms with Crippen LogP contribution >= 0.6 is 0 Å². The van der Waals surface area contributed by atoms with Crippen LogP contribution in [-0.2, 0) is 11.3 Å². The summed E-state index contributed by atoms with van der Waals surface area (Å²) in [6.07, 6.45) is 6.77. The van der Waals surface area contributed by atoms with Crippen molar-refractivity contribution >= 4 is 22.8 Å². The molecule has 1 unspecified atom stereocenters. The Hall–Kier alpha value is -4.85. The molecule has 11 heteroatoms. The number of nitrogens with zero attached hydrogens (tertiary/aromatic N) is 6. The van der Waals surface area contributed by atoms with E-state index in [1.165, 1.54) is 12.4 Å². The zero-order valence-electron chi connectivity index (χ0n) is 21.4. The summed E-state index contributed by atoms with van der Waals surface area (Å²) < 4.78 is 35.2. The van der Waals surface area contributed by atoms with E-state index in [9.17, 15) is 18.8 Å². The maximum absolute atomic E-state index is 14.0. The number of ether oxygens (including phenoxy) is 1. The van der Waals surface area contributed by atoms with Gasteiger partial charge in [0.15, 0.2) is 23.0 Å². The van der Waals surface area contributed by atoms with Crippen molar-refractivity contribution in [1.82, 2.24) is 24.6 Å². The lowest BCUT2D eigenvalue weighted by molar-refractivity contribution is -0.127. The number of hydrogen-bond donors (Lipinski definition) is 1. The summed E-state index contributed by atoms with van der Waals surface area (Å²) in [7, 11) is 0. The molecular formula is C29H25F2N7O2. The van der Waals surface area contributed by atoms with Gasteiger partial charge in [-0.2, -0.15) is 10.4 Å². The van der Waals surface area contributed by atoms with Crippen molar-refractivity contribution in [2.75, 3.05) is 12.3 Å². The van der Waals surface area contributed by atoms with Crippen LogP contribution in [0.1, 0.15) is 25.7 Å². The van der Waals surface area contributed by atoms with E-state index < -0.39 is 17.4 Å². The second kappa shape index (κ2) is 10.4. The van der Waals surface area contributed by atoms with Gasteiger partial charge in [0.05, 0.1) is 18.0 Å². The molecular weight excluding hydrogens is 516 g/mol. The number of hydrogen-bond acceptors (Lipinski definition) is 7. The maximum Gasteiger partial charge on any atom is 0.264 e. The molecule has 40 heavy (non-hydrogen) atoms. The van der Waals surface area contributed by atoms with Gasteiger partial charge in [-0.15, -0.1) is 0 Å². The highest BCUT2D eigenvalue weighted by Crippen LogP contribution is 2.35. The molecule has 2 aromatic carbocycles. The minimum Gasteiger partial charge on any atom is -0.451 e. The van der Waals surface area contributed by atoms with Crippen LogP contribution in [0.2, 0.25) is 0 Å². The Kier molecular flexibility index (Phi) is 6.59. The van der Waals surface area contributed by atoms with Gasteiger partial charge in [0, 0.05) is 12.1 Å². The smallest absolute Gasteiger partial charge is 0.264 e. The highest BCUT2D eigenvalue weighted by atomic mass is 19.1. The highest BCUT2D eigenvalue weighted by Gasteiger charge is 2.33.